The van der Waals surface area contributed by atoms with E-state index in [-0.39, 0.29) is 7.43 Å². The van der Waals surface area contributed by atoms with Gasteiger partial charge in [-0.05, 0) is 61.6 Å². The van der Waals surface area contributed by atoms with E-state index in [0.717, 1.165) is 7.11 Å². The summed E-state index contributed by atoms with van der Waals surface area (Å²) in [5, 5.41) is 7.00. The number of rotatable bonds is 2. The van der Waals surface area contributed by atoms with Crippen LogP contribution in [0.4, 0.5) is 0 Å². The molecule has 0 aromatic carbocycles. The highest BCUT2D eigenvalue weighted by Gasteiger charge is 1.67. The van der Waals surface area contributed by atoms with Crippen molar-refractivity contribution < 1.29 is 5.11 Å². The molecule has 1 nitrogen and oxygen atoms in total. The summed E-state index contributed by atoms with van der Waals surface area (Å²) < 4.78 is 0. The fourth-order valence-electron chi connectivity index (χ4n) is 0.204. The van der Waals surface area contributed by atoms with Crippen molar-refractivity contribution in [2.24, 2.45) is 0 Å². The molecule has 0 heterocycles. The van der Waals surface area contributed by atoms with Gasteiger partial charge in [-0.3, -0.25) is 0 Å². The second kappa shape index (κ2) is 106. The molecule has 6 heteroatoms. The van der Waals surface area contributed by atoms with Gasteiger partial charge < -0.3 is 5.11 Å². The van der Waals surface area contributed by atoms with Gasteiger partial charge in [0.15, 0.2) is 0 Å². The van der Waals surface area contributed by atoms with Crippen molar-refractivity contribution in [3.05, 3.63) is 0 Å². The Labute approximate surface area is 153 Å². The molecular formula is C14H42OS5. The number of hydrogen-bond acceptors (Lipinski definition) is 6. The van der Waals surface area contributed by atoms with Crippen LogP contribution >= 0.6 is 58.8 Å². The van der Waals surface area contributed by atoms with Crippen molar-refractivity contribution in [1.82, 2.24) is 0 Å². The molecule has 0 saturated carbocycles. The zero-order chi connectivity index (χ0) is 16.9. The zero-order valence-electron chi connectivity index (χ0n) is 14.9. The van der Waals surface area contributed by atoms with Crippen molar-refractivity contribution in [3.63, 3.8) is 0 Å². The standard InChI is InChI=1S/C4H10S.4C2H6S.CH4O.CH4/c1-3-5-4-2;4*1-3-2;1-2;/h3-4H2,1-2H3;4*1-2H3;2H,1H3;1H4. The molecule has 0 aliphatic heterocycles. The minimum atomic E-state index is 0. The van der Waals surface area contributed by atoms with E-state index in [0.29, 0.717) is 0 Å². The summed E-state index contributed by atoms with van der Waals surface area (Å²) in [6.45, 7) is 4.35. The number of hydrogen-bond donors (Lipinski definition) is 1. The SMILES string of the molecule is C.CCSCC.CO.CSC.CSC.CSC.CSC. The predicted molar refractivity (Wildman–Crippen MR) is 121 cm³/mol. The van der Waals surface area contributed by atoms with E-state index >= 15 is 0 Å². The van der Waals surface area contributed by atoms with E-state index in [1.54, 1.807) is 47.0 Å². The van der Waals surface area contributed by atoms with Gasteiger partial charge in [-0.2, -0.15) is 58.8 Å². The first kappa shape index (κ1) is 43.0. The molecule has 1 N–H and O–H groups in total. The van der Waals surface area contributed by atoms with Crippen LogP contribution in [0.5, 0.6) is 0 Å². The van der Waals surface area contributed by atoms with E-state index in [2.05, 4.69) is 13.8 Å². The Kier molecular flexibility index (Phi) is 228. The first-order valence-corrected chi connectivity index (χ1v) is 13.4. The largest absolute Gasteiger partial charge is 0.400 e. The Morgan fingerprint density at radius 2 is 0.650 bits per heavy atom. The van der Waals surface area contributed by atoms with Crippen molar-refractivity contribution >= 4 is 58.8 Å². The molecule has 0 unspecified atom stereocenters. The van der Waals surface area contributed by atoms with Crippen LogP contribution in [-0.4, -0.2) is 73.8 Å². The fourth-order valence-corrected chi connectivity index (χ4v) is 0.612. The minimum Gasteiger partial charge on any atom is -0.400 e. The van der Waals surface area contributed by atoms with E-state index in [1.165, 1.54) is 11.5 Å². The van der Waals surface area contributed by atoms with Crippen LogP contribution < -0.4 is 0 Å². The third-order valence-corrected chi connectivity index (χ3v) is 1.22. The fraction of sp³-hybridized carbons (Fsp3) is 1.00. The topological polar surface area (TPSA) is 20.2 Å². The third kappa shape index (κ3) is 501. The molecule has 0 spiro atoms. The number of thioether (sulfide) groups is 5. The number of aliphatic hydroxyl groups excluding tert-OH is 1. The molecule has 0 rings (SSSR count). The molecule has 0 aliphatic rings. The quantitative estimate of drug-likeness (QED) is 0.631. The van der Waals surface area contributed by atoms with E-state index in [9.17, 15) is 0 Å². The van der Waals surface area contributed by atoms with Crippen LogP contribution in [0.2, 0.25) is 0 Å². The van der Waals surface area contributed by atoms with Gasteiger partial charge in [0.05, 0.1) is 0 Å². The van der Waals surface area contributed by atoms with Crippen molar-refractivity contribution in [2.75, 3.05) is 68.7 Å². The number of aliphatic hydroxyl groups is 1. The highest BCUT2D eigenvalue weighted by atomic mass is 32.2. The Morgan fingerprint density at radius 1 is 0.550 bits per heavy atom. The summed E-state index contributed by atoms with van der Waals surface area (Å²) in [5.74, 6) is 2.52. The summed E-state index contributed by atoms with van der Waals surface area (Å²) >= 11 is 8.96. The molecule has 0 radical (unpaired) electrons. The maximum Gasteiger partial charge on any atom is 0.0319 e. The van der Waals surface area contributed by atoms with Crippen LogP contribution in [0.3, 0.4) is 0 Å². The molecule has 0 bridgehead atoms. The van der Waals surface area contributed by atoms with Gasteiger partial charge >= 0.3 is 0 Å². The van der Waals surface area contributed by atoms with Gasteiger partial charge in [-0.15, -0.1) is 0 Å². The molecule has 134 valence electrons. The lowest BCUT2D eigenvalue weighted by Crippen LogP contribution is -1.64. The van der Waals surface area contributed by atoms with E-state index in [4.69, 9.17) is 5.11 Å². The monoisotopic (exact) mass is 386 g/mol. The Hall–Kier alpha value is 1.71. The Morgan fingerprint density at radius 3 is 0.650 bits per heavy atom. The zero-order valence-corrected chi connectivity index (χ0v) is 19.0. The Bertz CT molecular complexity index is 50.8. The first-order valence-electron chi connectivity index (χ1n) is 5.70. The average Bonchev–Trinajstić information content (AvgIpc) is 2.36. The highest BCUT2D eigenvalue weighted by Crippen LogP contribution is 1.93. The summed E-state index contributed by atoms with van der Waals surface area (Å²) in [4.78, 5) is 0. The summed E-state index contributed by atoms with van der Waals surface area (Å²) in [7, 11) is 1.00. The van der Waals surface area contributed by atoms with Crippen LogP contribution in [0.25, 0.3) is 0 Å². The lowest BCUT2D eigenvalue weighted by Gasteiger charge is -1.80. The molecule has 20 heavy (non-hydrogen) atoms. The van der Waals surface area contributed by atoms with Crippen molar-refractivity contribution in [2.45, 2.75) is 21.3 Å². The Balaban J connectivity index is -0.0000000206. The maximum absolute atomic E-state index is 7.00. The van der Waals surface area contributed by atoms with Crippen molar-refractivity contribution in [1.29, 1.82) is 0 Å². The average molecular weight is 387 g/mol. The lowest BCUT2D eigenvalue weighted by molar-refractivity contribution is 0.399. The van der Waals surface area contributed by atoms with Gasteiger partial charge in [-0.25, -0.2) is 0 Å². The van der Waals surface area contributed by atoms with Gasteiger partial charge in [0.2, 0.25) is 0 Å². The summed E-state index contributed by atoms with van der Waals surface area (Å²) in [5.41, 5.74) is 0. The van der Waals surface area contributed by atoms with Gasteiger partial charge in [0.1, 0.15) is 0 Å². The van der Waals surface area contributed by atoms with Gasteiger partial charge in [0.25, 0.3) is 0 Å². The molecule has 0 amide bonds. The highest BCUT2D eigenvalue weighted by molar-refractivity contribution is 7.99. The normalized spacial score (nSPS) is 6.00. The van der Waals surface area contributed by atoms with Gasteiger partial charge in [0, 0.05) is 7.11 Å². The second-order valence-corrected chi connectivity index (χ2v) is 7.24. The summed E-state index contributed by atoms with van der Waals surface area (Å²) in [6.07, 6.45) is 16.3. The van der Waals surface area contributed by atoms with Crippen LogP contribution in [0.15, 0.2) is 0 Å². The molecule has 0 aromatic rings. The minimum absolute atomic E-state index is 0. The molecule has 0 aromatic heterocycles. The third-order valence-electron chi connectivity index (χ3n) is 0.408. The molecule has 0 fully saturated rings. The summed E-state index contributed by atoms with van der Waals surface area (Å²) in [6, 6.07) is 0. The molecule has 0 saturated heterocycles. The van der Waals surface area contributed by atoms with Crippen molar-refractivity contribution in [3.8, 4) is 0 Å². The predicted octanol–water partition coefficient (Wildman–Crippen LogP) is 5.92. The van der Waals surface area contributed by atoms with E-state index < -0.39 is 0 Å². The van der Waals surface area contributed by atoms with Crippen LogP contribution in [-0.2, 0) is 0 Å². The maximum atomic E-state index is 7.00. The molecule has 0 atom stereocenters. The first-order chi connectivity index (χ1) is 9.07. The van der Waals surface area contributed by atoms with Crippen LogP contribution in [0, 0.1) is 0 Å². The van der Waals surface area contributed by atoms with E-state index in [1.807, 2.05) is 61.8 Å². The van der Waals surface area contributed by atoms with Gasteiger partial charge in [-0.1, -0.05) is 21.3 Å². The van der Waals surface area contributed by atoms with Crippen LogP contribution in [0.1, 0.15) is 21.3 Å². The smallest absolute Gasteiger partial charge is 0.0319 e. The molecule has 0 aliphatic carbocycles. The second-order valence-electron chi connectivity index (χ2n) is 2.41. The molecular weight excluding hydrogens is 344 g/mol. The lowest BCUT2D eigenvalue weighted by atomic mass is 11.0.